The molecule has 1 N–H and O–H groups in total. The minimum Gasteiger partial charge on any atom is -0.348 e. The Balaban J connectivity index is 1.34. The van der Waals surface area contributed by atoms with Crippen LogP contribution >= 0.6 is 11.6 Å². The van der Waals surface area contributed by atoms with E-state index < -0.39 is 0 Å². The number of benzene rings is 1. The Labute approximate surface area is 157 Å². The van der Waals surface area contributed by atoms with E-state index >= 15 is 0 Å². The zero-order chi connectivity index (χ0) is 18.1. The van der Waals surface area contributed by atoms with Crippen molar-refractivity contribution in [2.75, 3.05) is 13.1 Å². The smallest absolute Gasteiger partial charge is 0.272 e. The highest BCUT2D eigenvalue weighted by Gasteiger charge is 2.35. The molecule has 0 bridgehead atoms. The van der Waals surface area contributed by atoms with Gasteiger partial charge in [-0.1, -0.05) is 23.7 Å². The van der Waals surface area contributed by atoms with Gasteiger partial charge in [-0.3, -0.25) is 9.59 Å². The first-order chi connectivity index (χ1) is 12.6. The Hall–Kier alpha value is -2.34. The van der Waals surface area contributed by atoms with Crippen LogP contribution in [0.25, 0.3) is 5.69 Å². The molecule has 26 heavy (non-hydrogen) atoms. The third-order valence-electron chi connectivity index (χ3n) is 4.99. The molecule has 0 spiro atoms. The summed E-state index contributed by atoms with van der Waals surface area (Å²) in [5.41, 5.74) is 1.10. The molecule has 1 saturated carbocycles. The molecule has 0 unspecified atom stereocenters. The lowest BCUT2D eigenvalue weighted by Crippen LogP contribution is -2.47. The van der Waals surface area contributed by atoms with E-state index in [2.05, 4.69) is 10.4 Å². The molecule has 1 aliphatic heterocycles. The van der Waals surface area contributed by atoms with E-state index in [0.29, 0.717) is 23.8 Å². The number of carbonyl (C=O) groups is 2. The average molecular weight is 373 g/mol. The number of nitrogens with one attached hydrogen (secondary N) is 1. The van der Waals surface area contributed by atoms with E-state index in [1.165, 1.54) is 0 Å². The van der Waals surface area contributed by atoms with Gasteiger partial charge in [-0.15, -0.1) is 0 Å². The van der Waals surface area contributed by atoms with Gasteiger partial charge in [0.15, 0.2) is 5.69 Å². The second-order valence-corrected chi connectivity index (χ2v) is 7.35. The van der Waals surface area contributed by atoms with Gasteiger partial charge in [0.1, 0.15) is 0 Å². The summed E-state index contributed by atoms with van der Waals surface area (Å²) < 4.78 is 1.61. The minimum atomic E-state index is -0.192. The predicted molar refractivity (Wildman–Crippen MR) is 98.4 cm³/mol. The molecule has 0 atom stereocenters. The quantitative estimate of drug-likeness (QED) is 0.897. The van der Waals surface area contributed by atoms with Crippen molar-refractivity contribution in [3.8, 4) is 5.69 Å². The van der Waals surface area contributed by atoms with Crippen molar-refractivity contribution < 1.29 is 9.59 Å². The topological polar surface area (TPSA) is 67.2 Å². The van der Waals surface area contributed by atoms with E-state index in [-0.39, 0.29) is 23.8 Å². The SMILES string of the molecule is O=C(NC1CCN(C(=O)C2CC2)CC1)c1ccn(-c2ccccc2Cl)n1. The van der Waals surface area contributed by atoms with Crippen molar-refractivity contribution in [3.05, 3.63) is 47.2 Å². The molecule has 4 rings (SSSR count). The van der Waals surface area contributed by atoms with Crippen LogP contribution in [0.15, 0.2) is 36.5 Å². The Morgan fingerprint density at radius 1 is 1.08 bits per heavy atom. The average Bonchev–Trinajstić information content (AvgIpc) is 3.39. The first-order valence-corrected chi connectivity index (χ1v) is 9.40. The summed E-state index contributed by atoms with van der Waals surface area (Å²) in [6.07, 6.45) is 5.37. The van der Waals surface area contributed by atoms with Crippen LogP contribution in [-0.4, -0.2) is 45.6 Å². The van der Waals surface area contributed by atoms with Crippen molar-refractivity contribution >= 4 is 23.4 Å². The summed E-state index contributed by atoms with van der Waals surface area (Å²) in [4.78, 5) is 26.5. The van der Waals surface area contributed by atoms with Crippen molar-refractivity contribution in [3.63, 3.8) is 0 Å². The third-order valence-corrected chi connectivity index (χ3v) is 5.31. The number of carbonyl (C=O) groups excluding carboxylic acids is 2. The maximum absolute atomic E-state index is 12.5. The van der Waals surface area contributed by atoms with Crippen LogP contribution in [0.4, 0.5) is 0 Å². The van der Waals surface area contributed by atoms with Crippen molar-refractivity contribution in [1.29, 1.82) is 0 Å². The highest BCUT2D eigenvalue weighted by atomic mass is 35.5. The summed E-state index contributed by atoms with van der Waals surface area (Å²) in [6.45, 7) is 1.43. The van der Waals surface area contributed by atoms with Crippen LogP contribution in [0, 0.1) is 5.92 Å². The second-order valence-electron chi connectivity index (χ2n) is 6.94. The summed E-state index contributed by atoms with van der Waals surface area (Å²) in [6, 6.07) is 9.13. The van der Waals surface area contributed by atoms with Gasteiger partial charge in [-0.05, 0) is 43.9 Å². The van der Waals surface area contributed by atoms with Crippen molar-refractivity contribution in [2.24, 2.45) is 5.92 Å². The van der Waals surface area contributed by atoms with Crippen LogP contribution < -0.4 is 5.32 Å². The van der Waals surface area contributed by atoms with E-state index in [1.807, 2.05) is 23.1 Å². The molecule has 136 valence electrons. The lowest BCUT2D eigenvalue weighted by atomic mass is 10.0. The van der Waals surface area contributed by atoms with Crippen LogP contribution in [0.1, 0.15) is 36.2 Å². The number of piperidine rings is 1. The van der Waals surface area contributed by atoms with Gasteiger partial charge in [0, 0.05) is 31.2 Å². The van der Waals surface area contributed by atoms with E-state index in [1.54, 1.807) is 23.0 Å². The summed E-state index contributed by atoms with van der Waals surface area (Å²) in [7, 11) is 0. The van der Waals surface area contributed by atoms with Crippen LogP contribution in [0.2, 0.25) is 5.02 Å². The van der Waals surface area contributed by atoms with Gasteiger partial charge in [-0.2, -0.15) is 5.10 Å². The zero-order valence-corrected chi connectivity index (χ0v) is 15.2. The summed E-state index contributed by atoms with van der Waals surface area (Å²) in [5.74, 6) is 0.353. The molecular weight excluding hydrogens is 352 g/mol. The molecule has 2 aliphatic rings. The van der Waals surface area contributed by atoms with Gasteiger partial charge in [0.25, 0.3) is 5.91 Å². The first-order valence-electron chi connectivity index (χ1n) is 9.02. The monoisotopic (exact) mass is 372 g/mol. The fraction of sp³-hybridized carbons (Fsp3) is 0.421. The molecule has 2 amide bonds. The standard InChI is InChI=1S/C19H21ClN4O2/c20-15-3-1-2-4-17(15)24-12-9-16(22-24)18(25)21-14-7-10-23(11-8-14)19(26)13-5-6-13/h1-4,9,12-14H,5-8,10-11H2,(H,21,25). The number of hydrogen-bond acceptors (Lipinski definition) is 3. The number of likely N-dealkylation sites (tertiary alicyclic amines) is 1. The maximum atomic E-state index is 12.5. The van der Waals surface area contributed by atoms with Gasteiger partial charge in [-0.25, -0.2) is 4.68 Å². The normalized spacial score (nSPS) is 18.0. The molecule has 2 fully saturated rings. The number of aromatic nitrogens is 2. The van der Waals surface area contributed by atoms with Gasteiger partial charge in [0.05, 0.1) is 10.7 Å². The molecule has 2 heterocycles. The number of hydrogen-bond donors (Lipinski definition) is 1. The molecule has 0 radical (unpaired) electrons. The molecule has 7 heteroatoms. The number of para-hydroxylation sites is 1. The Bertz CT molecular complexity index is 822. The highest BCUT2D eigenvalue weighted by molar-refractivity contribution is 6.32. The largest absolute Gasteiger partial charge is 0.348 e. The molecule has 1 aromatic heterocycles. The summed E-state index contributed by atoms with van der Waals surface area (Å²) in [5, 5.41) is 7.95. The van der Waals surface area contributed by atoms with E-state index in [9.17, 15) is 9.59 Å². The van der Waals surface area contributed by atoms with Gasteiger partial charge >= 0.3 is 0 Å². The lowest BCUT2D eigenvalue weighted by Gasteiger charge is -2.32. The lowest BCUT2D eigenvalue weighted by molar-refractivity contribution is -0.133. The van der Waals surface area contributed by atoms with E-state index in [0.717, 1.165) is 31.4 Å². The molecule has 6 nitrogen and oxygen atoms in total. The van der Waals surface area contributed by atoms with E-state index in [4.69, 9.17) is 11.6 Å². The summed E-state index contributed by atoms with van der Waals surface area (Å²) >= 11 is 6.18. The molecular formula is C19H21ClN4O2. The molecule has 1 aromatic carbocycles. The molecule has 1 saturated heterocycles. The van der Waals surface area contributed by atoms with Crippen molar-refractivity contribution in [2.45, 2.75) is 31.7 Å². The number of nitrogens with zero attached hydrogens (tertiary/aromatic N) is 3. The zero-order valence-electron chi connectivity index (χ0n) is 14.4. The van der Waals surface area contributed by atoms with Gasteiger partial charge in [0.2, 0.25) is 5.91 Å². The number of halogens is 1. The highest BCUT2D eigenvalue weighted by Crippen LogP contribution is 2.31. The second kappa shape index (κ2) is 7.11. The maximum Gasteiger partial charge on any atom is 0.272 e. The fourth-order valence-corrected chi connectivity index (χ4v) is 3.53. The predicted octanol–water partition coefficient (Wildman–Crippen LogP) is 2.66. The Morgan fingerprint density at radius 3 is 2.50 bits per heavy atom. The van der Waals surface area contributed by atoms with Crippen LogP contribution in [0.3, 0.4) is 0 Å². The molecule has 1 aliphatic carbocycles. The third kappa shape index (κ3) is 3.60. The Morgan fingerprint density at radius 2 is 1.81 bits per heavy atom. The Kier molecular flexibility index (Phi) is 4.68. The number of rotatable bonds is 4. The fourth-order valence-electron chi connectivity index (χ4n) is 3.31. The first kappa shape index (κ1) is 17.1. The minimum absolute atomic E-state index is 0.0798. The van der Waals surface area contributed by atoms with Gasteiger partial charge < -0.3 is 10.2 Å². The number of amides is 2. The van der Waals surface area contributed by atoms with Crippen LogP contribution in [-0.2, 0) is 4.79 Å². The molecule has 2 aromatic rings. The van der Waals surface area contributed by atoms with Crippen molar-refractivity contribution in [1.82, 2.24) is 20.0 Å². The van der Waals surface area contributed by atoms with Crippen LogP contribution in [0.5, 0.6) is 0 Å².